The molecule has 0 amide bonds. The molecule has 2 aromatic rings. The molecule has 86 valence electrons. The molecule has 6 nitrogen and oxygen atoms in total. The van der Waals surface area contributed by atoms with Gasteiger partial charge in [0.25, 0.3) is 0 Å². The third kappa shape index (κ3) is 1.84. The van der Waals surface area contributed by atoms with Gasteiger partial charge in [0, 0.05) is 32.1 Å². The molecular weight excluding hydrogens is 204 g/mol. The van der Waals surface area contributed by atoms with Crippen LogP contribution in [0.2, 0.25) is 0 Å². The van der Waals surface area contributed by atoms with E-state index in [4.69, 9.17) is 5.84 Å². The second-order valence-corrected chi connectivity index (χ2v) is 3.86. The Kier molecular flexibility index (Phi) is 2.76. The molecule has 6 heteroatoms. The van der Waals surface area contributed by atoms with Crippen LogP contribution in [-0.4, -0.2) is 19.6 Å². The average Bonchev–Trinajstić information content (AvgIpc) is 2.76. The van der Waals surface area contributed by atoms with E-state index in [0.29, 0.717) is 0 Å². The Balaban J connectivity index is 2.40. The summed E-state index contributed by atoms with van der Waals surface area (Å²) in [5, 5.41) is 8.64. The van der Waals surface area contributed by atoms with Crippen LogP contribution in [0.1, 0.15) is 23.0 Å². The minimum absolute atomic E-state index is 0.116. The summed E-state index contributed by atoms with van der Waals surface area (Å²) in [6.07, 6.45) is 3.85. The number of nitrogens with one attached hydrogen (secondary N) is 1. The number of aromatic nitrogens is 4. The van der Waals surface area contributed by atoms with Gasteiger partial charge in [0.2, 0.25) is 0 Å². The highest BCUT2D eigenvalue weighted by molar-refractivity contribution is 5.28. The Bertz CT molecular complexity index is 483. The summed E-state index contributed by atoms with van der Waals surface area (Å²) in [6.45, 7) is 1.96. The lowest BCUT2D eigenvalue weighted by Crippen LogP contribution is -2.29. The maximum Gasteiger partial charge on any atom is 0.0932 e. The fraction of sp³-hybridized carbons (Fsp3) is 0.400. The first kappa shape index (κ1) is 10.8. The predicted octanol–water partition coefficient (Wildman–Crippen LogP) is 0.0147. The summed E-state index contributed by atoms with van der Waals surface area (Å²) in [5.74, 6) is 5.59. The van der Waals surface area contributed by atoms with Crippen molar-refractivity contribution in [2.75, 3.05) is 0 Å². The Morgan fingerprint density at radius 2 is 2.06 bits per heavy atom. The Hall–Kier alpha value is -1.66. The molecule has 2 heterocycles. The summed E-state index contributed by atoms with van der Waals surface area (Å²) in [5.41, 5.74) is 5.66. The van der Waals surface area contributed by atoms with Crippen LogP contribution in [0.4, 0.5) is 0 Å². The highest BCUT2D eigenvalue weighted by atomic mass is 15.3. The third-order valence-corrected chi connectivity index (χ3v) is 2.56. The van der Waals surface area contributed by atoms with E-state index in [1.807, 2.05) is 39.5 Å². The molecule has 1 unspecified atom stereocenters. The van der Waals surface area contributed by atoms with Crippen LogP contribution in [0.3, 0.4) is 0 Å². The molecule has 2 aromatic heterocycles. The van der Waals surface area contributed by atoms with Crippen molar-refractivity contribution in [3.8, 4) is 0 Å². The molecule has 0 bridgehead atoms. The van der Waals surface area contributed by atoms with Crippen molar-refractivity contribution in [2.24, 2.45) is 19.9 Å². The summed E-state index contributed by atoms with van der Waals surface area (Å²) < 4.78 is 3.53. The first-order valence-corrected chi connectivity index (χ1v) is 5.07. The SMILES string of the molecule is Cc1nn(C)cc1C(NN)c1ccn(C)n1. The van der Waals surface area contributed by atoms with Gasteiger partial charge < -0.3 is 0 Å². The molecule has 0 saturated carbocycles. The monoisotopic (exact) mass is 220 g/mol. The molecule has 0 aliphatic carbocycles. The molecule has 1 atom stereocenters. The van der Waals surface area contributed by atoms with Gasteiger partial charge in [-0.1, -0.05) is 0 Å². The number of hydrogen-bond donors (Lipinski definition) is 2. The van der Waals surface area contributed by atoms with Gasteiger partial charge in [-0.15, -0.1) is 0 Å². The van der Waals surface area contributed by atoms with E-state index in [-0.39, 0.29) is 6.04 Å². The largest absolute Gasteiger partial charge is 0.275 e. The van der Waals surface area contributed by atoms with Crippen LogP contribution >= 0.6 is 0 Å². The molecule has 0 saturated heterocycles. The van der Waals surface area contributed by atoms with Gasteiger partial charge in [0.15, 0.2) is 0 Å². The van der Waals surface area contributed by atoms with Crippen molar-refractivity contribution in [1.29, 1.82) is 0 Å². The van der Waals surface area contributed by atoms with Gasteiger partial charge in [-0.3, -0.25) is 15.2 Å². The van der Waals surface area contributed by atoms with Crippen LogP contribution in [-0.2, 0) is 14.1 Å². The quantitative estimate of drug-likeness (QED) is 0.564. The average molecular weight is 220 g/mol. The molecule has 0 spiro atoms. The molecular formula is C10H16N6. The Labute approximate surface area is 94.0 Å². The molecule has 0 aliphatic rings. The maximum absolute atomic E-state index is 5.59. The van der Waals surface area contributed by atoms with Gasteiger partial charge in [-0.05, 0) is 13.0 Å². The van der Waals surface area contributed by atoms with Crippen LogP contribution in [0.5, 0.6) is 0 Å². The Morgan fingerprint density at radius 3 is 2.50 bits per heavy atom. The van der Waals surface area contributed by atoms with E-state index in [9.17, 15) is 0 Å². The van der Waals surface area contributed by atoms with Crippen LogP contribution in [0, 0.1) is 6.92 Å². The third-order valence-electron chi connectivity index (χ3n) is 2.56. The molecule has 0 aliphatic heterocycles. The summed E-state index contributed by atoms with van der Waals surface area (Å²) in [4.78, 5) is 0. The van der Waals surface area contributed by atoms with Gasteiger partial charge in [0.05, 0.1) is 17.4 Å². The van der Waals surface area contributed by atoms with Crippen LogP contribution in [0.25, 0.3) is 0 Å². The summed E-state index contributed by atoms with van der Waals surface area (Å²) >= 11 is 0. The lowest BCUT2D eigenvalue weighted by atomic mass is 10.1. The molecule has 2 rings (SSSR count). The summed E-state index contributed by atoms with van der Waals surface area (Å²) in [7, 11) is 3.77. The second-order valence-electron chi connectivity index (χ2n) is 3.86. The second kappa shape index (κ2) is 4.07. The predicted molar refractivity (Wildman–Crippen MR) is 60.3 cm³/mol. The minimum Gasteiger partial charge on any atom is -0.275 e. The first-order valence-electron chi connectivity index (χ1n) is 5.07. The zero-order valence-corrected chi connectivity index (χ0v) is 9.68. The first-order chi connectivity index (χ1) is 7.61. The van der Waals surface area contributed by atoms with Crippen molar-refractivity contribution in [2.45, 2.75) is 13.0 Å². The van der Waals surface area contributed by atoms with Crippen molar-refractivity contribution in [1.82, 2.24) is 25.0 Å². The number of hydrazine groups is 1. The number of nitrogens with two attached hydrogens (primary N) is 1. The highest BCUT2D eigenvalue weighted by Gasteiger charge is 2.19. The van der Waals surface area contributed by atoms with E-state index in [1.54, 1.807) is 9.36 Å². The number of rotatable bonds is 3. The minimum atomic E-state index is -0.116. The van der Waals surface area contributed by atoms with E-state index in [2.05, 4.69) is 15.6 Å². The van der Waals surface area contributed by atoms with Gasteiger partial charge in [-0.2, -0.15) is 10.2 Å². The smallest absolute Gasteiger partial charge is 0.0932 e. The van der Waals surface area contributed by atoms with Crippen LogP contribution < -0.4 is 11.3 Å². The molecule has 16 heavy (non-hydrogen) atoms. The standard InChI is InChI=1S/C10H16N6/c1-7-8(6-16(3)13-7)10(12-11)9-4-5-15(2)14-9/h4-6,10,12H,11H2,1-3H3. The lowest BCUT2D eigenvalue weighted by Gasteiger charge is -2.12. The number of hydrogen-bond acceptors (Lipinski definition) is 4. The molecule has 3 N–H and O–H groups in total. The van der Waals surface area contributed by atoms with Crippen molar-refractivity contribution < 1.29 is 0 Å². The fourth-order valence-electron chi connectivity index (χ4n) is 1.82. The van der Waals surface area contributed by atoms with Crippen LogP contribution in [0.15, 0.2) is 18.5 Å². The van der Waals surface area contributed by atoms with Gasteiger partial charge >= 0.3 is 0 Å². The Morgan fingerprint density at radius 1 is 1.31 bits per heavy atom. The van der Waals surface area contributed by atoms with Gasteiger partial charge in [-0.25, -0.2) is 5.43 Å². The van der Waals surface area contributed by atoms with Crippen molar-refractivity contribution in [3.63, 3.8) is 0 Å². The van der Waals surface area contributed by atoms with Crippen molar-refractivity contribution >= 4 is 0 Å². The maximum atomic E-state index is 5.59. The van der Waals surface area contributed by atoms with E-state index in [0.717, 1.165) is 17.0 Å². The summed E-state index contributed by atoms with van der Waals surface area (Å²) in [6, 6.07) is 1.83. The molecule has 0 radical (unpaired) electrons. The zero-order chi connectivity index (χ0) is 11.7. The number of nitrogens with zero attached hydrogens (tertiary/aromatic N) is 4. The van der Waals surface area contributed by atoms with E-state index < -0.39 is 0 Å². The van der Waals surface area contributed by atoms with E-state index in [1.165, 1.54) is 0 Å². The number of aryl methyl sites for hydroxylation is 3. The zero-order valence-electron chi connectivity index (χ0n) is 9.68. The topological polar surface area (TPSA) is 73.7 Å². The van der Waals surface area contributed by atoms with E-state index >= 15 is 0 Å². The van der Waals surface area contributed by atoms with Crippen molar-refractivity contribution in [3.05, 3.63) is 35.4 Å². The fourth-order valence-corrected chi connectivity index (χ4v) is 1.82. The van der Waals surface area contributed by atoms with Gasteiger partial charge in [0.1, 0.15) is 0 Å². The molecule has 0 aromatic carbocycles. The lowest BCUT2D eigenvalue weighted by molar-refractivity contribution is 0.601. The highest BCUT2D eigenvalue weighted by Crippen LogP contribution is 2.21. The molecule has 0 fully saturated rings. The normalized spacial score (nSPS) is 13.0.